The van der Waals surface area contributed by atoms with Crippen LogP contribution in [0.3, 0.4) is 0 Å². The monoisotopic (exact) mass is 389 g/mol. The molecule has 5 heteroatoms. The summed E-state index contributed by atoms with van der Waals surface area (Å²) in [4.78, 5) is 23.9. The van der Waals surface area contributed by atoms with Gasteiger partial charge in [0, 0.05) is 5.69 Å². The predicted molar refractivity (Wildman–Crippen MR) is 112 cm³/mol. The van der Waals surface area contributed by atoms with E-state index < -0.39 is 5.97 Å². The third-order valence-corrected chi connectivity index (χ3v) is 4.35. The van der Waals surface area contributed by atoms with Crippen molar-refractivity contribution in [1.29, 1.82) is 0 Å². The van der Waals surface area contributed by atoms with E-state index in [1.54, 1.807) is 24.3 Å². The van der Waals surface area contributed by atoms with Crippen molar-refractivity contribution >= 4 is 17.6 Å². The molecule has 148 valence electrons. The third kappa shape index (κ3) is 6.50. The second-order valence-electron chi connectivity index (χ2n) is 6.61. The highest BCUT2D eigenvalue weighted by atomic mass is 16.5. The van der Waals surface area contributed by atoms with Crippen LogP contribution in [0.4, 0.5) is 5.69 Å². The Kier molecular flexibility index (Phi) is 7.00. The Morgan fingerprint density at radius 3 is 2.28 bits per heavy atom. The minimum absolute atomic E-state index is 0.146. The normalized spacial score (nSPS) is 10.2. The molecule has 0 aliphatic rings. The molecule has 0 fully saturated rings. The van der Waals surface area contributed by atoms with E-state index in [0.717, 1.165) is 16.7 Å². The molecule has 3 aromatic carbocycles. The van der Waals surface area contributed by atoms with Gasteiger partial charge in [0.05, 0.1) is 6.42 Å². The number of amides is 1. The van der Waals surface area contributed by atoms with Gasteiger partial charge in [-0.2, -0.15) is 0 Å². The highest BCUT2D eigenvalue weighted by Crippen LogP contribution is 2.17. The number of anilines is 1. The van der Waals surface area contributed by atoms with Gasteiger partial charge in [0.2, 0.25) is 0 Å². The molecule has 0 radical (unpaired) electrons. The Bertz CT molecular complexity index is 952. The summed E-state index contributed by atoms with van der Waals surface area (Å²) in [6, 6.07) is 24.5. The van der Waals surface area contributed by atoms with Gasteiger partial charge in [-0.1, -0.05) is 54.6 Å². The van der Waals surface area contributed by atoms with Gasteiger partial charge >= 0.3 is 5.97 Å². The van der Waals surface area contributed by atoms with Crippen LogP contribution in [0.5, 0.6) is 5.75 Å². The number of hydrogen-bond acceptors (Lipinski definition) is 4. The average Bonchev–Trinajstić information content (AvgIpc) is 2.74. The molecule has 0 saturated carbocycles. The van der Waals surface area contributed by atoms with Gasteiger partial charge in [0.1, 0.15) is 12.4 Å². The number of nitrogens with one attached hydrogen (secondary N) is 1. The van der Waals surface area contributed by atoms with Crippen molar-refractivity contribution in [2.45, 2.75) is 20.0 Å². The number of benzene rings is 3. The zero-order valence-electron chi connectivity index (χ0n) is 16.3. The van der Waals surface area contributed by atoms with Crippen LogP contribution in [0, 0.1) is 6.92 Å². The van der Waals surface area contributed by atoms with E-state index in [0.29, 0.717) is 18.0 Å². The Labute approximate surface area is 170 Å². The Balaban J connectivity index is 1.42. The number of hydrogen-bond donors (Lipinski definition) is 1. The minimum Gasteiger partial charge on any atom is -0.489 e. The minimum atomic E-state index is -0.431. The summed E-state index contributed by atoms with van der Waals surface area (Å²) in [5.41, 5.74) is 3.60. The number of aryl methyl sites for hydroxylation is 1. The first-order valence-corrected chi connectivity index (χ1v) is 9.37. The maximum absolute atomic E-state index is 12.0. The van der Waals surface area contributed by atoms with E-state index in [-0.39, 0.29) is 18.9 Å². The third-order valence-electron chi connectivity index (χ3n) is 4.35. The summed E-state index contributed by atoms with van der Waals surface area (Å²) in [5.74, 6) is -0.114. The molecule has 29 heavy (non-hydrogen) atoms. The molecule has 0 aliphatic heterocycles. The molecule has 3 rings (SSSR count). The summed E-state index contributed by atoms with van der Waals surface area (Å²) >= 11 is 0. The van der Waals surface area contributed by atoms with Gasteiger partial charge in [-0.3, -0.25) is 9.59 Å². The number of ether oxygens (including phenoxy) is 2. The van der Waals surface area contributed by atoms with Gasteiger partial charge in [0.15, 0.2) is 6.61 Å². The van der Waals surface area contributed by atoms with Crippen molar-refractivity contribution in [1.82, 2.24) is 0 Å². The number of esters is 1. The summed E-state index contributed by atoms with van der Waals surface area (Å²) in [6.07, 6.45) is 0.146. The Hall–Kier alpha value is -3.60. The van der Waals surface area contributed by atoms with Gasteiger partial charge < -0.3 is 14.8 Å². The molecule has 0 bridgehead atoms. The Morgan fingerprint density at radius 2 is 1.55 bits per heavy atom. The molecule has 5 nitrogen and oxygen atoms in total. The van der Waals surface area contributed by atoms with E-state index in [1.165, 1.54) is 0 Å². The van der Waals surface area contributed by atoms with Gasteiger partial charge in [-0.25, -0.2) is 0 Å². The zero-order valence-corrected chi connectivity index (χ0v) is 16.3. The number of carbonyl (C=O) groups excluding carboxylic acids is 2. The van der Waals surface area contributed by atoms with Crippen LogP contribution in [0.25, 0.3) is 0 Å². The maximum atomic E-state index is 12.0. The fourth-order valence-electron chi connectivity index (χ4n) is 2.73. The van der Waals surface area contributed by atoms with Crippen LogP contribution in [0.2, 0.25) is 0 Å². The summed E-state index contributed by atoms with van der Waals surface area (Å²) in [5, 5.41) is 2.70. The lowest BCUT2D eigenvalue weighted by molar-refractivity contribution is -0.146. The van der Waals surface area contributed by atoms with Gasteiger partial charge in [-0.05, 0) is 47.9 Å². The molecular weight excluding hydrogens is 366 g/mol. The van der Waals surface area contributed by atoms with Crippen LogP contribution in [0.1, 0.15) is 16.7 Å². The van der Waals surface area contributed by atoms with Gasteiger partial charge in [-0.15, -0.1) is 0 Å². The van der Waals surface area contributed by atoms with E-state index >= 15 is 0 Å². The van der Waals surface area contributed by atoms with Crippen molar-refractivity contribution in [3.8, 4) is 5.75 Å². The van der Waals surface area contributed by atoms with E-state index in [1.807, 2.05) is 61.5 Å². The molecule has 0 atom stereocenters. The first kappa shape index (κ1) is 20.1. The SMILES string of the molecule is Cc1ccccc1CC(=O)OCC(=O)Nc1ccc(OCc2ccccc2)cc1. The molecule has 0 aliphatic carbocycles. The molecular formula is C24H23NO4. The highest BCUT2D eigenvalue weighted by Gasteiger charge is 2.10. The Morgan fingerprint density at radius 1 is 0.862 bits per heavy atom. The standard InChI is InChI=1S/C24H23NO4/c1-18-7-5-6-10-20(18)15-24(27)29-17-23(26)25-21-11-13-22(14-12-21)28-16-19-8-3-2-4-9-19/h2-14H,15-17H2,1H3,(H,25,26). The van der Waals surface area contributed by atoms with Gasteiger partial charge in [0.25, 0.3) is 5.91 Å². The van der Waals surface area contributed by atoms with Crippen molar-refractivity contribution < 1.29 is 19.1 Å². The first-order chi connectivity index (χ1) is 14.1. The zero-order chi connectivity index (χ0) is 20.5. The van der Waals surface area contributed by atoms with Crippen molar-refractivity contribution in [3.05, 3.63) is 95.6 Å². The fourth-order valence-corrected chi connectivity index (χ4v) is 2.73. The molecule has 0 heterocycles. The topological polar surface area (TPSA) is 64.6 Å². The molecule has 1 N–H and O–H groups in total. The molecule has 0 unspecified atom stereocenters. The van der Waals surface area contributed by atoms with Crippen LogP contribution in [-0.2, 0) is 27.4 Å². The van der Waals surface area contributed by atoms with Crippen LogP contribution >= 0.6 is 0 Å². The fraction of sp³-hybridized carbons (Fsp3) is 0.167. The molecule has 0 saturated heterocycles. The first-order valence-electron chi connectivity index (χ1n) is 9.37. The predicted octanol–water partition coefficient (Wildman–Crippen LogP) is 4.30. The number of carbonyl (C=O) groups is 2. The molecule has 3 aromatic rings. The summed E-state index contributed by atoms with van der Waals surface area (Å²) in [7, 11) is 0. The maximum Gasteiger partial charge on any atom is 0.310 e. The van der Waals surface area contributed by atoms with Crippen molar-refractivity contribution in [3.63, 3.8) is 0 Å². The van der Waals surface area contributed by atoms with Crippen molar-refractivity contribution in [2.75, 3.05) is 11.9 Å². The van der Waals surface area contributed by atoms with Crippen LogP contribution < -0.4 is 10.1 Å². The molecule has 1 amide bonds. The lowest BCUT2D eigenvalue weighted by Crippen LogP contribution is -2.21. The second kappa shape index (κ2) is 10.1. The molecule has 0 spiro atoms. The molecule has 0 aromatic heterocycles. The average molecular weight is 389 g/mol. The lowest BCUT2D eigenvalue weighted by atomic mass is 10.1. The van der Waals surface area contributed by atoms with Crippen molar-refractivity contribution in [2.24, 2.45) is 0 Å². The van der Waals surface area contributed by atoms with E-state index in [2.05, 4.69) is 5.32 Å². The van der Waals surface area contributed by atoms with Crippen LogP contribution in [0.15, 0.2) is 78.9 Å². The summed E-state index contributed by atoms with van der Waals surface area (Å²) in [6.45, 7) is 2.09. The quantitative estimate of drug-likeness (QED) is 0.584. The smallest absolute Gasteiger partial charge is 0.310 e. The lowest BCUT2D eigenvalue weighted by Gasteiger charge is -2.09. The van der Waals surface area contributed by atoms with E-state index in [9.17, 15) is 9.59 Å². The van der Waals surface area contributed by atoms with Crippen LogP contribution in [-0.4, -0.2) is 18.5 Å². The summed E-state index contributed by atoms with van der Waals surface area (Å²) < 4.78 is 10.8. The van der Waals surface area contributed by atoms with E-state index in [4.69, 9.17) is 9.47 Å². The largest absolute Gasteiger partial charge is 0.489 e. The second-order valence-corrected chi connectivity index (χ2v) is 6.61. The number of rotatable bonds is 8. The highest BCUT2D eigenvalue weighted by molar-refractivity contribution is 5.92.